The lowest BCUT2D eigenvalue weighted by atomic mass is 9.95. The molecule has 0 unspecified atom stereocenters. The molecule has 1 amide bonds. The second-order valence-corrected chi connectivity index (χ2v) is 7.28. The molecule has 122 valence electrons. The summed E-state index contributed by atoms with van der Waals surface area (Å²) in [6, 6.07) is 4.09. The molecule has 0 saturated heterocycles. The zero-order valence-corrected chi connectivity index (χ0v) is 14.1. The summed E-state index contributed by atoms with van der Waals surface area (Å²) in [5.74, 6) is 0.108. The Morgan fingerprint density at radius 3 is 2.65 bits per heavy atom. The molecule has 0 atom stereocenters. The van der Waals surface area contributed by atoms with Gasteiger partial charge in [-0.2, -0.15) is 0 Å². The summed E-state index contributed by atoms with van der Waals surface area (Å²) in [5, 5.41) is 4.85. The van der Waals surface area contributed by atoms with Crippen LogP contribution in [0, 0.1) is 0 Å². The molecule has 1 N–H and O–H groups in total. The molecule has 1 saturated carbocycles. The number of imidazole rings is 1. The molecule has 0 aromatic carbocycles. The predicted molar refractivity (Wildman–Crippen MR) is 91.2 cm³/mol. The fourth-order valence-electron chi connectivity index (χ4n) is 2.90. The first-order valence-electron chi connectivity index (χ1n) is 8.03. The Kier molecular flexibility index (Phi) is 5.33. The molecule has 0 bridgehead atoms. The van der Waals surface area contributed by atoms with Gasteiger partial charge in [0.25, 0.3) is 0 Å². The van der Waals surface area contributed by atoms with Crippen LogP contribution in [0.5, 0.6) is 0 Å². The van der Waals surface area contributed by atoms with E-state index in [1.807, 2.05) is 43.3 Å². The molecule has 23 heavy (non-hydrogen) atoms. The highest BCUT2D eigenvalue weighted by Gasteiger charge is 2.24. The Morgan fingerprint density at radius 1 is 1.26 bits per heavy atom. The van der Waals surface area contributed by atoms with Gasteiger partial charge in [0.15, 0.2) is 5.16 Å². The zero-order chi connectivity index (χ0) is 16.1. The standard InChI is InChI=1S/C17H22N4OS/c1-21-11-10-19-17(21)23-15-4-2-14(3-5-15)20-16(22)12-13-6-8-18-9-7-13/h6-11,14-15H,2-5,12H2,1H3,(H,20,22). The van der Waals surface area contributed by atoms with E-state index < -0.39 is 0 Å². The topological polar surface area (TPSA) is 59.8 Å². The van der Waals surface area contributed by atoms with Gasteiger partial charge in [0.05, 0.1) is 6.42 Å². The fourth-order valence-corrected chi connectivity index (χ4v) is 4.06. The number of hydrogen-bond acceptors (Lipinski definition) is 4. The van der Waals surface area contributed by atoms with Crippen LogP contribution in [0.15, 0.2) is 42.1 Å². The summed E-state index contributed by atoms with van der Waals surface area (Å²) in [6.07, 6.45) is 12.0. The Morgan fingerprint density at radius 2 is 2.00 bits per heavy atom. The van der Waals surface area contributed by atoms with E-state index in [2.05, 4.69) is 19.9 Å². The van der Waals surface area contributed by atoms with E-state index in [0.717, 1.165) is 36.4 Å². The van der Waals surface area contributed by atoms with Crippen LogP contribution in [-0.2, 0) is 18.3 Å². The number of rotatable bonds is 5. The van der Waals surface area contributed by atoms with E-state index in [4.69, 9.17) is 0 Å². The van der Waals surface area contributed by atoms with Gasteiger partial charge in [-0.3, -0.25) is 9.78 Å². The van der Waals surface area contributed by atoms with Crippen molar-refractivity contribution in [3.63, 3.8) is 0 Å². The number of aryl methyl sites for hydroxylation is 1. The molecule has 2 heterocycles. The third-order valence-electron chi connectivity index (χ3n) is 4.20. The monoisotopic (exact) mass is 330 g/mol. The number of nitrogens with one attached hydrogen (secondary N) is 1. The second-order valence-electron chi connectivity index (χ2n) is 6.01. The van der Waals surface area contributed by atoms with Crippen LogP contribution in [0.2, 0.25) is 0 Å². The van der Waals surface area contributed by atoms with Gasteiger partial charge >= 0.3 is 0 Å². The van der Waals surface area contributed by atoms with Crippen LogP contribution in [0.4, 0.5) is 0 Å². The number of hydrogen-bond donors (Lipinski definition) is 1. The molecule has 5 nitrogen and oxygen atoms in total. The van der Waals surface area contributed by atoms with E-state index in [1.165, 1.54) is 0 Å². The van der Waals surface area contributed by atoms with E-state index in [1.54, 1.807) is 12.4 Å². The minimum absolute atomic E-state index is 0.108. The smallest absolute Gasteiger partial charge is 0.224 e. The number of aromatic nitrogens is 3. The molecule has 0 spiro atoms. The average molecular weight is 330 g/mol. The first-order valence-corrected chi connectivity index (χ1v) is 8.91. The summed E-state index contributed by atoms with van der Waals surface area (Å²) in [4.78, 5) is 20.5. The molecule has 1 aliphatic rings. The molecule has 6 heteroatoms. The van der Waals surface area contributed by atoms with Gasteiger partial charge in [0.2, 0.25) is 5.91 Å². The van der Waals surface area contributed by atoms with Gasteiger partial charge in [0, 0.05) is 43.1 Å². The molecule has 0 aliphatic heterocycles. The minimum atomic E-state index is 0.108. The third kappa shape index (κ3) is 4.58. The first-order chi connectivity index (χ1) is 11.2. The van der Waals surface area contributed by atoms with E-state index in [0.29, 0.717) is 17.7 Å². The van der Waals surface area contributed by atoms with Gasteiger partial charge in [-0.1, -0.05) is 11.8 Å². The Hall–Kier alpha value is -1.82. The van der Waals surface area contributed by atoms with E-state index in [9.17, 15) is 4.79 Å². The summed E-state index contributed by atoms with van der Waals surface area (Å²) < 4.78 is 2.06. The summed E-state index contributed by atoms with van der Waals surface area (Å²) in [5.41, 5.74) is 1.01. The quantitative estimate of drug-likeness (QED) is 0.915. The molecule has 2 aromatic rings. The lowest BCUT2D eigenvalue weighted by molar-refractivity contribution is -0.121. The van der Waals surface area contributed by atoms with Crippen LogP contribution in [0.1, 0.15) is 31.2 Å². The third-order valence-corrected chi connectivity index (χ3v) is 5.61. The van der Waals surface area contributed by atoms with Crippen LogP contribution < -0.4 is 5.32 Å². The van der Waals surface area contributed by atoms with Crippen molar-refractivity contribution in [3.05, 3.63) is 42.5 Å². The number of carbonyl (C=O) groups excluding carboxylic acids is 1. The predicted octanol–water partition coefficient (Wildman–Crippen LogP) is 2.58. The molecular weight excluding hydrogens is 308 g/mol. The van der Waals surface area contributed by atoms with E-state index >= 15 is 0 Å². The Bertz CT molecular complexity index is 635. The first kappa shape index (κ1) is 16.1. The van der Waals surface area contributed by atoms with Crippen molar-refractivity contribution in [1.29, 1.82) is 0 Å². The van der Waals surface area contributed by atoms with Gasteiger partial charge < -0.3 is 9.88 Å². The minimum Gasteiger partial charge on any atom is -0.353 e. The van der Waals surface area contributed by atoms with Crippen LogP contribution >= 0.6 is 11.8 Å². The summed E-state index contributed by atoms with van der Waals surface area (Å²) in [7, 11) is 2.03. The molecular formula is C17H22N4OS. The number of carbonyl (C=O) groups is 1. The van der Waals surface area contributed by atoms with Gasteiger partial charge in [-0.05, 0) is 43.4 Å². The normalized spacial score (nSPS) is 21.1. The zero-order valence-electron chi connectivity index (χ0n) is 13.3. The number of nitrogens with zero attached hydrogens (tertiary/aromatic N) is 3. The average Bonchev–Trinajstić information content (AvgIpc) is 2.95. The maximum absolute atomic E-state index is 12.1. The number of thioether (sulfide) groups is 1. The Labute approximate surface area is 140 Å². The van der Waals surface area contributed by atoms with Gasteiger partial charge in [-0.25, -0.2) is 4.98 Å². The lowest BCUT2D eigenvalue weighted by Gasteiger charge is -2.28. The van der Waals surface area contributed by atoms with Crippen molar-refractivity contribution >= 4 is 17.7 Å². The molecule has 2 aromatic heterocycles. The largest absolute Gasteiger partial charge is 0.353 e. The van der Waals surface area contributed by atoms with Crippen LogP contribution in [0.3, 0.4) is 0 Å². The Balaban J connectivity index is 1.42. The fraction of sp³-hybridized carbons (Fsp3) is 0.471. The highest BCUT2D eigenvalue weighted by Crippen LogP contribution is 2.32. The maximum atomic E-state index is 12.1. The summed E-state index contributed by atoms with van der Waals surface area (Å²) in [6.45, 7) is 0. The highest BCUT2D eigenvalue weighted by molar-refractivity contribution is 7.99. The molecule has 1 fully saturated rings. The molecule has 1 aliphatic carbocycles. The lowest BCUT2D eigenvalue weighted by Crippen LogP contribution is -2.38. The van der Waals surface area contributed by atoms with Gasteiger partial charge in [-0.15, -0.1) is 0 Å². The van der Waals surface area contributed by atoms with Crippen molar-refractivity contribution in [1.82, 2.24) is 19.9 Å². The molecule has 3 rings (SSSR count). The van der Waals surface area contributed by atoms with Crippen molar-refractivity contribution in [3.8, 4) is 0 Å². The molecule has 0 radical (unpaired) electrons. The summed E-state index contributed by atoms with van der Waals surface area (Å²) >= 11 is 1.85. The van der Waals surface area contributed by atoms with Crippen LogP contribution in [0.25, 0.3) is 0 Å². The second kappa shape index (κ2) is 7.64. The van der Waals surface area contributed by atoms with Crippen molar-refractivity contribution in [2.24, 2.45) is 7.05 Å². The van der Waals surface area contributed by atoms with E-state index in [-0.39, 0.29) is 5.91 Å². The maximum Gasteiger partial charge on any atom is 0.224 e. The van der Waals surface area contributed by atoms with Crippen molar-refractivity contribution < 1.29 is 4.79 Å². The van der Waals surface area contributed by atoms with Crippen molar-refractivity contribution in [2.45, 2.75) is 48.6 Å². The number of amides is 1. The number of pyridine rings is 1. The van der Waals surface area contributed by atoms with Crippen LogP contribution in [-0.4, -0.2) is 31.7 Å². The SMILES string of the molecule is Cn1ccnc1SC1CCC(NC(=O)Cc2ccncc2)CC1. The van der Waals surface area contributed by atoms with Gasteiger partial charge in [0.1, 0.15) is 0 Å². The highest BCUT2D eigenvalue weighted by atomic mass is 32.2. The van der Waals surface area contributed by atoms with Crippen molar-refractivity contribution in [2.75, 3.05) is 0 Å².